The number of amides is 2. The average Bonchev–Trinajstić information content (AvgIpc) is 3.16. The van der Waals surface area contributed by atoms with Gasteiger partial charge in [-0.25, -0.2) is 17.9 Å². The summed E-state index contributed by atoms with van der Waals surface area (Å²) in [6.07, 6.45) is 8.29. The quantitative estimate of drug-likeness (QED) is 0.423. The van der Waals surface area contributed by atoms with Gasteiger partial charge in [0, 0.05) is 37.1 Å². The third-order valence-electron chi connectivity index (χ3n) is 10.5. The number of likely N-dealkylation sites (N-methyl/N-ethyl adjacent to an activating group) is 1. The van der Waals surface area contributed by atoms with Crippen molar-refractivity contribution in [2.75, 3.05) is 44.8 Å². The van der Waals surface area contributed by atoms with Crippen molar-refractivity contribution in [2.24, 2.45) is 11.8 Å². The molecule has 2 bridgehead atoms. The normalized spacial score (nSPS) is 28.7. The molecule has 1 spiro atoms. The van der Waals surface area contributed by atoms with Crippen LogP contribution in [-0.2, 0) is 31.4 Å². The molecule has 2 amide bonds. The Kier molecular flexibility index (Phi) is 9.28. The number of ether oxygens (including phenoxy) is 2. The summed E-state index contributed by atoms with van der Waals surface area (Å²) in [6, 6.07) is 10.7. The molecule has 0 unspecified atom stereocenters. The lowest BCUT2D eigenvalue weighted by Crippen LogP contribution is -2.54. The summed E-state index contributed by atoms with van der Waals surface area (Å²) in [4.78, 5) is 30.2. The highest BCUT2D eigenvalue weighted by atomic mass is 35.5. The lowest BCUT2D eigenvalue weighted by atomic mass is 9.67. The van der Waals surface area contributed by atoms with E-state index < -0.39 is 21.5 Å². The van der Waals surface area contributed by atoms with Crippen LogP contribution in [0.2, 0.25) is 5.02 Å². The minimum atomic E-state index is -4.19. The van der Waals surface area contributed by atoms with Crippen LogP contribution in [0.25, 0.3) is 0 Å². The molecule has 6 rings (SSSR count). The Hall–Kier alpha value is -3.28. The third kappa shape index (κ3) is 6.58. The van der Waals surface area contributed by atoms with Gasteiger partial charge in [0.05, 0.1) is 35.4 Å². The van der Waals surface area contributed by atoms with E-state index in [2.05, 4.69) is 27.1 Å². The lowest BCUT2D eigenvalue weighted by molar-refractivity contribution is -0.124. The molecule has 10 nitrogen and oxygen atoms in total. The number of hydrogen-bond acceptors (Lipinski definition) is 8. The van der Waals surface area contributed by atoms with E-state index in [0.29, 0.717) is 42.7 Å². The number of nitrogens with one attached hydrogen (secondary N) is 2. The van der Waals surface area contributed by atoms with E-state index in [0.717, 1.165) is 32.1 Å². The van der Waals surface area contributed by atoms with Crippen molar-refractivity contribution in [1.29, 1.82) is 0 Å². The number of benzene rings is 2. The molecule has 2 aromatic carbocycles. The van der Waals surface area contributed by atoms with Crippen molar-refractivity contribution < 1.29 is 27.5 Å². The number of fused-ring (bicyclic) bond motifs is 4. The maximum Gasteiger partial charge on any atom is 0.409 e. The highest BCUT2D eigenvalue weighted by Gasteiger charge is 2.45. The molecular formula is C35H45ClN4O6S. The first-order valence-corrected chi connectivity index (χ1v) is 18.4. The van der Waals surface area contributed by atoms with Gasteiger partial charge in [0.1, 0.15) is 5.75 Å². The summed E-state index contributed by atoms with van der Waals surface area (Å²) in [5, 5.41) is 3.86. The van der Waals surface area contributed by atoms with Crippen LogP contribution in [0.1, 0.15) is 57.6 Å². The molecule has 1 saturated carbocycles. The molecule has 4 atom stereocenters. The molecule has 2 aromatic rings. The number of anilines is 1. The maximum atomic E-state index is 13.6. The van der Waals surface area contributed by atoms with E-state index in [1.54, 1.807) is 44.9 Å². The largest absolute Gasteiger partial charge is 0.490 e. The molecule has 2 aliphatic heterocycles. The van der Waals surface area contributed by atoms with Crippen LogP contribution in [0.4, 0.5) is 10.5 Å². The molecule has 12 heteroatoms. The van der Waals surface area contributed by atoms with Crippen molar-refractivity contribution in [1.82, 2.24) is 14.9 Å². The summed E-state index contributed by atoms with van der Waals surface area (Å²) in [7, 11) is -2.41. The van der Waals surface area contributed by atoms with E-state index >= 15 is 0 Å². The van der Waals surface area contributed by atoms with Gasteiger partial charge in [-0.3, -0.25) is 4.79 Å². The standard InChI is InChI=1S/C35H45ClN4O6S/c1-5-45-33(42)39(4)29-9-7-17-37-34(2,3)32(41)38-47(43,44)26-12-15-31-30(19-26)40(20-24-10-13-27(24)29)21-35(22-46-31)16-6-8-23-18-25(36)11-14-28(23)35/h7,9,11-12,14-15,18-19,24,27,29,37H,5-6,8,10,13,16-17,20-22H2,1-4H3,(H,38,41)/b9-7-/t24-,27+,29+,35-/m0/s1. The summed E-state index contributed by atoms with van der Waals surface area (Å²) in [6.45, 7) is 7.37. The summed E-state index contributed by atoms with van der Waals surface area (Å²) in [5.41, 5.74) is 1.59. The number of nitrogens with zero attached hydrogens (tertiary/aromatic N) is 2. The maximum absolute atomic E-state index is 13.6. The number of halogens is 1. The first-order chi connectivity index (χ1) is 22.3. The molecule has 2 heterocycles. The Bertz CT molecular complexity index is 1680. The average molecular weight is 685 g/mol. The van der Waals surface area contributed by atoms with E-state index in [1.165, 1.54) is 17.2 Å². The summed E-state index contributed by atoms with van der Waals surface area (Å²) >= 11 is 6.43. The molecule has 0 aromatic heterocycles. The molecule has 254 valence electrons. The highest BCUT2D eigenvalue weighted by Crippen LogP contribution is 2.47. The van der Waals surface area contributed by atoms with Crippen LogP contribution in [-0.4, -0.2) is 76.8 Å². The molecule has 0 saturated heterocycles. The number of carbonyl (C=O) groups excluding carboxylic acids is 2. The molecule has 0 radical (unpaired) electrons. The highest BCUT2D eigenvalue weighted by molar-refractivity contribution is 7.90. The van der Waals surface area contributed by atoms with Crippen molar-refractivity contribution in [3.63, 3.8) is 0 Å². The van der Waals surface area contributed by atoms with Crippen LogP contribution >= 0.6 is 11.6 Å². The van der Waals surface area contributed by atoms with Crippen LogP contribution in [0.5, 0.6) is 5.75 Å². The second kappa shape index (κ2) is 13.0. The van der Waals surface area contributed by atoms with Gasteiger partial charge in [-0.1, -0.05) is 29.8 Å². The lowest BCUT2D eigenvalue weighted by Gasteiger charge is -2.47. The predicted molar refractivity (Wildman–Crippen MR) is 182 cm³/mol. The number of rotatable bonds is 2. The second-order valence-electron chi connectivity index (χ2n) is 13.9. The second-order valence-corrected chi connectivity index (χ2v) is 16.0. The Morgan fingerprint density at radius 3 is 2.74 bits per heavy atom. The molecule has 4 aliphatic rings. The first kappa shape index (κ1) is 33.6. The fraction of sp³-hybridized carbons (Fsp3) is 0.543. The van der Waals surface area contributed by atoms with Crippen LogP contribution in [0, 0.1) is 11.8 Å². The van der Waals surface area contributed by atoms with E-state index in [1.807, 2.05) is 18.2 Å². The van der Waals surface area contributed by atoms with Gasteiger partial charge < -0.3 is 24.6 Å². The van der Waals surface area contributed by atoms with Crippen molar-refractivity contribution in [2.45, 2.75) is 74.8 Å². The van der Waals surface area contributed by atoms with Gasteiger partial charge in [0.25, 0.3) is 15.9 Å². The fourth-order valence-corrected chi connectivity index (χ4v) is 8.96. The van der Waals surface area contributed by atoms with Gasteiger partial charge in [-0.05, 0) is 106 Å². The zero-order chi connectivity index (χ0) is 33.6. The number of sulfonamides is 1. The molecule has 1 fully saturated rings. The van der Waals surface area contributed by atoms with Crippen LogP contribution in [0.15, 0.2) is 53.4 Å². The van der Waals surface area contributed by atoms with Gasteiger partial charge in [0.2, 0.25) is 0 Å². The smallest absolute Gasteiger partial charge is 0.409 e. The van der Waals surface area contributed by atoms with Gasteiger partial charge in [-0.2, -0.15) is 0 Å². The van der Waals surface area contributed by atoms with Crippen molar-refractivity contribution >= 4 is 39.3 Å². The Labute approximate surface area is 282 Å². The first-order valence-electron chi connectivity index (χ1n) is 16.5. The fourth-order valence-electron chi connectivity index (χ4n) is 7.63. The van der Waals surface area contributed by atoms with Gasteiger partial charge in [-0.15, -0.1) is 0 Å². The van der Waals surface area contributed by atoms with Gasteiger partial charge >= 0.3 is 6.09 Å². The van der Waals surface area contributed by atoms with Crippen molar-refractivity contribution in [3.8, 4) is 5.75 Å². The number of carbonyl (C=O) groups is 2. The number of hydrogen-bond donors (Lipinski definition) is 2. The zero-order valence-electron chi connectivity index (χ0n) is 27.6. The minimum absolute atomic E-state index is 0.00199. The summed E-state index contributed by atoms with van der Waals surface area (Å²) in [5.74, 6) is 0.303. The topological polar surface area (TPSA) is 117 Å². The minimum Gasteiger partial charge on any atom is -0.490 e. The molecular weight excluding hydrogens is 640 g/mol. The summed E-state index contributed by atoms with van der Waals surface area (Å²) < 4.78 is 41.5. The van der Waals surface area contributed by atoms with E-state index in [4.69, 9.17) is 21.1 Å². The van der Waals surface area contributed by atoms with Crippen LogP contribution in [0.3, 0.4) is 0 Å². The van der Waals surface area contributed by atoms with Crippen LogP contribution < -0.4 is 19.7 Å². The molecule has 47 heavy (non-hydrogen) atoms. The Balaban J connectivity index is 1.45. The van der Waals surface area contributed by atoms with Crippen molar-refractivity contribution in [3.05, 3.63) is 64.7 Å². The Morgan fingerprint density at radius 2 is 2.00 bits per heavy atom. The molecule has 2 N–H and O–H groups in total. The predicted octanol–water partition coefficient (Wildman–Crippen LogP) is 5.04. The molecule has 2 aliphatic carbocycles. The van der Waals surface area contributed by atoms with E-state index in [9.17, 15) is 18.0 Å². The van der Waals surface area contributed by atoms with Gasteiger partial charge in [0.15, 0.2) is 0 Å². The Morgan fingerprint density at radius 1 is 1.19 bits per heavy atom. The van der Waals surface area contributed by atoms with E-state index in [-0.39, 0.29) is 40.9 Å². The zero-order valence-corrected chi connectivity index (χ0v) is 29.1. The number of aryl methyl sites for hydroxylation is 1. The third-order valence-corrected chi connectivity index (χ3v) is 12.0. The monoisotopic (exact) mass is 684 g/mol. The SMILES string of the molecule is CCOC(=O)N(C)[C@@H]1/C=C\CNC(C)(C)C(=O)NS(=O)(=O)c2ccc3c(c2)N(C[C@@H]2CC[C@H]21)C[C@@]1(CCCc2cc(Cl)ccc21)CO3.